The quantitative estimate of drug-likeness (QED) is 0.327. The Morgan fingerprint density at radius 3 is 2.18 bits per heavy atom. The van der Waals surface area contributed by atoms with Crippen LogP contribution in [-0.4, -0.2) is 54.0 Å². The molecule has 3 aliphatic heterocycles. The molecule has 6 atom stereocenters. The van der Waals surface area contributed by atoms with Crippen molar-refractivity contribution in [1.82, 2.24) is 4.90 Å². The molecule has 0 radical (unpaired) electrons. The Morgan fingerprint density at radius 1 is 0.872 bits per heavy atom. The lowest BCUT2D eigenvalue weighted by Gasteiger charge is -2.50. The van der Waals surface area contributed by atoms with Gasteiger partial charge >= 0.3 is 0 Å². The molecule has 6 rings (SSSR count). The molecule has 0 bridgehead atoms. The topological polar surface area (TPSA) is 83.5 Å². The molecule has 2 fully saturated rings. The predicted octanol–water partition coefficient (Wildman–Crippen LogP) is 4.63. The summed E-state index contributed by atoms with van der Waals surface area (Å²) < 4.78 is 31.3. The molecule has 0 aliphatic carbocycles. The summed E-state index contributed by atoms with van der Waals surface area (Å²) in [5, 5.41) is 0. The molecule has 0 saturated carbocycles. The minimum Gasteiger partial charge on any atom is -0.470 e. The maximum absolute atomic E-state index is 13.6. The number of amides is 2. The number of imide groups is 1. The molecular weight excluding hydrogens is 498 g/mol. The van der Waals surface area contributed by atoms with Crippen LogP contribution in [-0.2, 0) is 30.3 Å². The van der Waals surface area contributed by atoms with Crippen LogP contribution >= 0.6 is 0 Å². The van der Waals surface area contributed by atoms with Crippen molar-refractivity contribution in [1.29, 1.82) is 0 Å². The van der Waals surface area contributed by atoms with E-state index in [2.05, 4.69) is 0 Å². The van der Waals surface area contributed by atoms with Crippen molar-refractivity contribution in [3.63, 3.8) is 0 Å². The molecule has 3 aromatic rings. The van der Waals surface area contributed by atoms with Gasteiger partial charge in [-0.2, -0.15) is 0 Å². The maximum atomic E-state index is 13.6. The second-order valence-corrected chi connectivity index (χ2v) is 9.60. The van der Waals surface area contributed by atoms with Crippen LogP contribution < -0.4 is 0 Å². The monoisotopic (exact) mass is 527 g/mol. The van der Waals surface area contributed by atoms with E-state index in [4.69, 9.17) is 23.7 Å². The average Bonchev–Trinajstić information content (AvgIpc) is 3.24. The normalized spacial score (nSPS) is 28.4. The lowest BCUT2D eigenvalue weighted by atomic mass is 9.94. The Morgan fingerprint density at radius 2 is 1.51 bits per heavy atom. The zero-order valence-corrected chi connectivity index (χ0v) is 21.4. The van der Waals surface area contributed by atoms with E-state index in [-0.39, 0.29) is 13.2 Å². The van der Waals surface area contributed by atoms with Crippen molar-refractivity contribution in [2.75, 3.05) is 6.61 Å². The Bertz CT molecular complexity index is 1310. The van der Waals surface area contributed by atoms with Crippen molar-refractivity contribution >= 4 is 11.8 Å². The lowest BCUT2D eigenvalue weighted by molar-refractivity contribution is -0.348. The molecule has 8 heteroatoms. The minimum atomic E-state index is -0.995. The van der Waals surface area contributed by atoms with Gasteiger partial charge in [0.25, 0.3) is 11.8 Å². The van der Waals surface area contributed by atoms with Gasteiger partial charge in [0.1, 0.15) is 24.4 Å². The van der Waals surface area contributed by atoms with Gasteiger partial charge in [0, 0.05) is 5.56 Å². The van der Waals surface area contributed by atoms with Crippen LogP contribution in [0.1, 0.15) is 45.1 Å². The van der Waals surface area contributed by atoms with E-state index in [1.54, 1.807) is 30.3 Å². The van der Waals surface area contributed by atoms with Gasteiger partial charge in [0.2, 0.25) is 6.29 Å². The first kappa shape index (κ1) is 25.5. The standard InChI is InChI=1S/C31H29NO7/c1-2-17-35-31-25(32-28(33)22-15-9-10-16-23(22)29(32)34)27(36-18-20-11-5-3-6-12-20)26-24(38-31)19-37-30(39-26)21-13-7-4-8-14-21/h2-17,24-27,30-31H,18-19H2,1H3/b17-2+/t24-,25-,26-,27+,30?,31-/m1/s1. The highest BCUT2D eigenvalue weighted by Gasteiger charge is 2.57. The van der Waals surface area contributed by atoms with Crippen molar-refractivity contribution in [3.8, 4) is 0 Å². The molecule has 39 heavy (non-hydrogen) atoms. The highest BCUT2D eigenvalue weighted by Crippen LogP contribution is 2.40. The van der Waals surface area contributed by atoms with Crippen LogP contribution in [0.25, 0.3) is 0 Å². The van der Waals surface area contributed by atoms with E-state index >= 15 is 0 Å². The SMILES string of the molecule is C/C=C/O[C@@H]1O[C@@H]2COC(c3ccccc3)O[C@H]2[C@@H](OCc2ccccc2)[C@H]1N1C(=O)c2ccccc2C1=O. The first-order valence-corrected chi connectivity index (χ1v) is 13.0. The molecule has 0 N–H and O–H groups in total. The molecule has 3 aliphatic rings. The van der Waals surface area contributed by atoms with Crippen LogP contribution in [0.4, 0.5) is 0 Å². The summed E-state index contributed by atoms with van der Waals surface area (Å²) in [4.78, 5) is 28.5. The number of hydrogen-bond donors (Lipinski definition) is 0. The average molecular weight is 528 g/mol. The molecule has 2 amide bonds. The Hall–Kier alpha value is -3.82. The molecule has 0 spiro atoms. The fraction of sp³-hybridized carbons (Fsp3) is 0.290. The number of allylic oxidation sites excluding steroid dienone is 1. The van der Waals surface area contributed by atoms with E-state index in [9.17, 15) is 9.59 Å². The van der Waals surface area contributed by atoms with Crippen LogP contribution in [0.5, 0.6) is 0 Å². The molecule has 8 nitrogen and oxygen atoms in total. The summed E-state index contributed by atoms with van der Waals surface area (Å²) in [5.41, 5.74) is 2.47. The van der Waals surface area contributed by atoms with E-state index in [1.165, 1.54) is 11.2 Å². The number of carbonyl (C=O) groups is 2. The van der Waals surface area contributed by atoms with E-state index in [0.717, 1.165) is 11.1 Å². The van der Waals surface area contributed by atoms with E-state index < -0.39 is 48.7 Å². The lowest BCUT2D eigenvalue weighted by Crippen LogP contribution is -2.68. The molecule has 3 heterocycles. The third-order valence-corrected chi connectivity index (χ3v) is 7.14. The first-order valence-electron chi connectivity index (χ1n) is 13.0. The summed E-state index contributed by atoms with van der Waals surface area (Å²) in [6, 6.07) is 25.2. The fourth-order valence-electron chi connectivity index (χ4n) is 5.32. The third-order valence-electron chi connectivity index (χ3n) is 7.14. The number of benzene rings is 3. The second-order valence-electron chi connectivity index (χ2n) is 9.60. The van der Waals surface area contributed by atoms with Gasteiger partial charge in [-0.3, -0.25) is 14.5 Å². The first-order chi connectivity index (χ1) is 19.2. The largest absolute Gasteiger partial charge is 0.470 e. The highest BCUT2D eigenvalue weighted by atomic mass is 16.7. The molecule has 2 saturated heterocycles. The fourth-order valence-corrected chi connectivity index (χ4v) is 5.32. The van der Waals surface area contributed by atoms with Crippen LogP contribution in [0.15, 0.2) is 97.3 Å². The number of rotatable bonds is 7. The minimum absolute atomic E-state index is 0.222. The number of nitrogens with zero attached hydrogens (tertiary/aromatic N) is 1. The molecule has 3 aromatic carbocycles. The van der Waals surface area contributed by atoms with Crippen molar-refractivity contribution in [2.45, 2.75) is 50.5 Å². The van der Waals surface area contributed by atoms with Crippen molar-refractivity contribution in [3.05, 3.63) is 120 Å². The van der Waals surface area contributed by atoms with Crippen LogP contribution in [0, 0.1) is 0 Å². The van der Waals surface area contributed by atoms with Gasteiger partial charge in [-0.1, -0.05) is 78.9 Å². The molecular formula is C31H29NO7. The highest BCUT2D eigenvalue weighted by molar-refractivity contribution is 6.21. The van der Waals surface area contributed by atoms with Crippen LogP contribution in [0.2, 0.25) is 0 Å². The summed E-state index contributed by atoms with van der Waals surface area (Å²) in [6.45, 7) is 2.27. The predicted molar refractivity (Wildman–Crippen MR) is 140 cm³/mol. The summed E-state index contributed by atoms with van der Waals surface area (Å²) in [6.07, 6.45) is -0.410. The summed E-state index contributed by atoms with van der Waals surface area (Å²) in [5.74, 6) is -0.839. The Balaban J connectivity index is 1.39. The zero-order valence-electron chi connectivity index (χ0n) is 21.4. The molecule has 0 aromatic heterocycles. The van der Waals surface area contributed by atoms with Gasteiger partial charge in [-0.15, -0.1) is 0 Å². The van der Waals surface area contributed by atoms with E-state index in [0.29, 0.717) is 11.1 Å². The van der Waals surface area contributed by atoms with E-state index in [1.807, 2.05) is 67.6 Å². The van der Waals surface area contributed by atoms with Crippen molar-refractivity contribution in [2.24, 2.45) is 0 Å². The number of carbonyl (C=O) groups excluding carboxylic acids is 2. The number of hydrogen-bond acceptors (Lipinski definition) is 7. The van der Waals surface area contributed by atoms with Gasteiger partial charge in [0.15, 0.2) is 6.29 Å². The number of fused-ring (bicyclic) bond motifs is 2. The van der Waals surface area contributed by atoms with Gasteiger partial charge in [-0.25, -0.2) is 0 Å². The van der Waals surface area contributed by atoms with Gasteiger partial charge in [-0.05, 0) is 24.6 Å². The smallest absolute Gasteiger partial charge is 0.262 e. The van der Waals surface area contributed by atoms with Gasteiger partial charge in [0.05, 0.1) is 30.6 Å². The zero-order chi connectivity index (χ0) is 26.8. The second kappa shape index (κ2) is 11.1. The molecule has 1 unspecified atom stereocenters. The molecule has 200 valence electrons. The Labute approximate surface area is 226 Å². The van der Waals surface area contributed by atoms with Crippen molar-refractivity contribution < 1.29 is 33.3 Å². The Kier molecular flexibility index (Phi) is 7.26. The van der Waals surface area contributed by atoms with Crippen LogP contribution in [0.3, 0.4) is 0 Å². The summed E-state index contributed by atoms with van der Waals surface area (Å²) >= 11 is 0. The third kappa shape index (κ3) is 4.88. The maximum Gasteiger partial charge on any atom is 0.262 e. The van der Waals surface area contributed by atoms with Gasteiger partial charge < -0.3 is 23.7 Å². The summed E-state index contributed by atoms with van der Waals surface area (Å²) in [7, 11) is 0. The number of ether oxygens (including phenoxy) is 5.